The van der Waals surface area contributed by atoms with Crippen molar-refractivity contribution in [1.82, 2.24) is 5.32 Å². The maximum absolute atomic E-state index is 12.3. The van der Waals surface area contributed by atoms with Gasteiger partial charge in [0.05, 0.1) is 0 Å². The summed E-state index contributed by atoms with van der Waals surface area (Å²) in [6.45, 7) is 8.28. The Morgan fingerprint density at radius 1 is 1.06 bits per heavy atom. The second-order valence-corrected chi connectivity index (χ2v) is 6.96. The molecule has 2 rings (SSSR count). The van der Waals surface area contributed by atoms with Gasteiger partial charge in [0, 0.05) is 5.92 Å². The number of hydrogen-bond acceptors (Lipinski definition) is 2. The molecule has 0 aromatic heterocycles. The van der Waals surface area contributed by atoms with Gasteiger partial charge in [-0.2, -0.15) is 0 Å². The highest BCUT2D eigenvalue weighted by atomic mass is 16.4. The summed E-state index contributed by atoms with van der Waals surface area (Å²) in [5.74, 6) is -1.05. The van der Waals surface area contributed by atoms with Crippen LogP contribution in [0.25, 0.3) is 0 Å². The first-order valence-corrected chi connectivity index (χ1v) is 6.70. The molecule has 0 aromatic carbocycles. The minimum absolute atomic E-state index is 0.0462. The van der Waals surface area contributed by atoms with Crippen LogP contribution in [-0.2, 0) is 9.59 Å². The van der Waals surface area contributed by atoms with Gasteiger partial charge in [0.2, 0.25) is 5.91 Å². The number of nitrogens with one attached hydrogen (secondary N) is 1. The van der Waals surface area contributed by atoms with E-state index < -0.39 is 11.5 Å². The average molecular weight is 253 g/mol. The van der Waals surface area contributed by atoms with Crippen molar-refractivity contribution in [3.8, 4) is 0 Å². The molecule has 0 radical (unpaired) electrons. The molecule has 18 heavy (non-hydrogen) atoms. The van der Waals surface area contributed by atoms with E-state index in [0.717, 1.165) is 12.8 Å². The summed E-state index contributed by atoms with van der Waals surface area (Å²) in [6.07, 6.45) is 2.87. The van der Waals surface area contributed by atoms with Gasteiger partial charge in [0.15, 0.2) is 0 Å². The van der Waals surface area contributed by atoms with Gasteiger partial charge in [0.1, 0.15) is 5.54 Å². The van der Waals surface area contributed by atoms with Crippen LogP contribution in [0.1, 0.15) is 53.4 Å². The number of carbonyl (C=O) groups excluding carboxylic acids is 1. The van der Waals surface area contributed by atoms with Crippen LogP contribution in [-0.4, -0.2) is 22.5 Å². The van der Waals surface area contributed by atoms with Crippen LogP contribution in [0.5, 0.6) is 0 Å². The van der Waals surface area contributed by atoms with Gasteiger partial charge in [-0.25, -0.2) is 4.79 Å². The highest BCUT2D eigenvalue weighted by molar-refractivity contribution is 5.91. The predicted molar refractivity (Wildman–Crippen MR) is 68.0 cm³/mol. The van der Waals surface area contributed by atoms with Crippen LogP contribution in [0.2, 0.25) is 0 Å². The zero-order chi connectivity index (χ0) is 13.8. The Balaban J connectivity index is 2.11. The van der Waals surface area contributed by atoms with Crippen molar-refractivity contribution < 1.29 is 14.7 Å². The molecule has 2 aliphatic rings. The fourth-order valence-electron chi connectivity index (χ4n) is 3.53. The minimum Gasteiger partial charge on any atom is -0.480 e. The number of aliphatic carboxylic acids is 1. The topological polar surface area (TPSA) is 66.4 Å². The van der Waals surface area contributed by atoms with Crippen molar-refractivity contribution in [2.45, 2.75) is 58.9 Å². The lowest BCUT2D eigenvalue weighted by Crippen LogP contribution is -2.53. The number of rotatable bonds is 3. The summed E-state index contributed by atoms with van der Waals surface area (Å²) in [6, 6.07) is 0. The van der Waals surface area contributed by atoms with Crippen LogP contribution < -0.4 is 5.32 Å². The Morgan fingerprint density at radius 3 is 1.83 bits per heavy atom. The van der Waals surface area contributed by atoms with Gasteiger partial charge in [-0.1, -0.05) is 40.5 Å². The first-order valence-electron chi connectivity index (χ1n) is 6.70. The SMILES string of the molecule is CC1(C)C(C(=O)NC2(C(=O)O)CCCC2)C1(C)C. The van der Waals surface area contributed by atoms with Gasteiger partial charge >= 0.3 is 5.97 Å². The number of carboxylic acid groups (broad SMARTS) is 1. The van der Waals surface area contributed by atoms with E-state index in [-0.39, 0.29) is 22.7 Å². The fourth-order valence-corrected chi connectivity index (χ4v) is 3.53. The molecule has 0 heterocycles. The van der Waals surface area contributed by atoms with Gasteiger partial charge < -0.3 is 10.4 Å². The van der Waals surface area contributed by atoms with Crippen molar-refractivity contribution in [2.75, 3.05) is 0 Å². The van der Waals surface area contributed by atoms with Crippen molar-refractivity contribution in [3.63, 3.8) is 0 Å². The van der Waals surface area contributed by atoms with Crippen LogP contribution in [0.4, 0.5) is 0 Å². The molecule has 0 atom stereocenters. The monoisotopic (exact) mass is 253 g/mol. The Morgan fingerprint density at radius 2 is 1.50 bits per heavy atom. The van der Waals surface area contributed by atoms with Gasteiger partial charge in [-0.3, -0.25) is 4.79 Å². The third-order valence-corrected chi connectivity index (χ3v) is 5.51. The van der Waals surface area contributed by atoms with Crippen molar-refractivity contribution in [2.24, 2.45) is 16.7 Å². The zero-order valence-corrected chi connectivity index (χ0v) is 11.7. The lowest BCUT2D eigenvalue weighted by molar-refractivity contribution is -0.147. The molecule has 4 nitrogen and oxygen atoms in total. The molecule has 2 aliphatic carbocycles. The largest absolute Gasteiger partial charge is 0.480 e. The highest BCUT2D eigenvalue weighted by Crippen LogP contribution is 2.68. The van der Waals surface area contributed by atoms with E-state index in [9.17, 15) is 14.7 Å². The molecule has 1 amide bonds. The smallest absolute Gasteiger partial charge is 0.329 e. The number of carboxylic acids is 1. The summed E-state index contributed by atoms with van der Waals surface area (Å²) >= 11 is 0. The van der Waals surface area contributed by atoms with Crippen LogP contribution in [0.3, 0.4) is 0 Å². The molecule has 2 fully saturated rings. The maximum Gasteiger partial charge on any atom is 0.329 e. The molecule has 0 aromatic rings. The summed E-state index contributed by atoms with van der Waals surface area (Å²) in [5.41, 5.74) is -1.10. The van der Waals surface area contributed by atoms with E-state index in [2.05, 4.69) is 33.0 Å². The Labute approximate surface area is 108 Å². The standard InChI is InChI=1S/C14H23NO3/c1-12(2)9(13(12,3)4)10(16)15-14(11(17)18)7-5-6-8-14/h9H,5-8H2,1-4H3,(H,15,16)(H,17,18). The van der Waals surface area contributed by atoms with E-state index in [0.29, 0.717) is 12.8 Å². The second-order valence-electron chi connectivity index (χ2n) is 6.96. The molecular weight excluding hydrogens is 230 g/mol. The van der Waals surface area contributed by atoms with E-state index in [1.54, 1.807) is 0 Å². The normalized spacial score (nSPS) is 27.8. The highest BCUT2D eigenvalue weighted by Gasteiger charge is 2.68. The molecule has 102 valence electrons. The molecular formula is C14H23NO3. The molecule has 0 unspecified atom stereocenters. The molecule has 0 saturated heterocycles. The van der Waals surface area contributed by atoms with E-state index in [4.69, 9.17) is 0 Å². The third-order valence-electron chi connectivity index (χ3n) is 5.51. The summed E-state index contributed by atoms with van der Waals surface area (Å²) < 4.78 is 0. The average Bonchev–Trinajstić information content (AvgIpc) is 2.60. The number of carbonyl (C=O) groups is 2. The van der Waals surface area contributed by atoms with E-state index >= 15 is 0 Å². The van der Waals surface area contributed by atoms with Crippen LogP contribution in [0, 0.1) is 16.7 Å². The van der Waals surface area contributed by atoms with Gasteiger partial charge in [-0.05, 0) is 23.7 Å². The molecule has 0 aliphatic heterocycles. The third kappa shape index (κ3) is 1.65. The summed E-state index contributed by atoms with van der Waals surface area (Å²) in [5, 5.41) is 12.2. The second kappa shape index (κ2) is 3.72. The Hall–Kier alpha value is -1.06. The van der Waals surface area contributed by atoms with Crippen molar-refractivity contribution in [3.05, 3.63) is 0 Å². The van der Waals surface area contributed by atoms with Crippen molar-refractivity contribution >= 4 is 11.9 Å². The Bertz CT molecular complexity index is 378. The summed E-state index contributed by atoms with van der Waals surface area (Å²) in [4.78, 5) is 23.7. The molecule has 4 heteroatoms. The maximum atomic E-state index is 12.3. The first-order chi connectivity index (χ1) is 8.15. The minimum atomic E-state index is -1.01. The van der Waals surface area contributed by atoms with E-state index in [1.807, 2.05) is 0 Å². The Kier molecular flexibility index (Phi) is 2.76. The zero-order valence-electron chi connectivity index (χ0n) is 11.7. The molecule has 0 spiro atoms. The molecule has 2 saturated carbocycles. The van der Waals surface area contributed by atoms with Gasteiger partial charge in [0.25, 0.3) is 0 Å². The molecule has 0 bridgehead atoms. The first kappa shape index (κ1) is 13.4. The van der Waals surface area contributed by atoms with Gasteiger partial charge in [-0.15, -0.1) is 0 Å². The number of amides is 1. The lowest BCUT2D eigenvalue weighted by Gasteiger charge is -2.25. The van der Waals surface area contributed by atoms with Crippen LogP contribution >= 0.6 is 0 Å². The fraction of sp³-hybridized carbons (Fsp3) is 0.857. The quantitative estimate of drug-likeness (QED) is 0.810. The molecule has 2 N–H and O–H groups in total. The van der Waals surface area contributed by atoms with E-state index in [1.165, 1.54) is 0 Å². The lowest BCUT2D eigenvalue weighted by atomic mass is 9.97. The van der Waals surface area contributed by atoms with Crippen LogP contribution in [0.15, 0.2) is 0 Å². The summed E-state index contributed by atoms with van der Waals surface area (Å²) in [7, 11) is 0. The number of hydrogen-bond donors (Lipinski definition) is 2. The van der Waals surface area contributed by atoms with Crippen molar-refractivity contribution in [1.29, 1.82) is 0 Å². The predicted octanol–water partition coefficient (Wildman–Crippen LogP) is 2.18.